The fourth-order valence-corrected chi connectivity index (χ4v) is 2.35. The molecule has 1 rings (SSSR count). The van der Waals surface area contributed by atoms with E-state index in [1.807, 2.05) is 0 Å². The highest BCUT2D eigenvalue weighted by Crippen LogP contribution is 2.32. The first kappa shape index (κ1) is 9.05. The molecule has 0 saturated heterocycles. The van der Waals surface area contributed by atoms with Gasteiger partial charge in [-0.2, -0.15) is 0 Å². The quantitative estimate of drug-likeness (QED) is 0.666. The predicted octanol–water partition coefficient (Wildman–Crippen LogP) is 2.55. The van der Waals surface area contributed by atoms with E-state index in [4.69, 9.17) is 5.73 Å². The maximum Gasteiger partial charge on any atom is -0.00462 e. The molecule has 0 bridgehead atoms. The number of hydrogen-bond donors (Lipinski definition) is 1. The summed E-state index contributed by atoms with van der Waals surface area (Å²) >= 11 is 0. The van der Waals surface area contributed by atoms with Gasteiger partial charge in [-0.3, -0.25) is 0 Å². The van der Waals surface area contributed by atoms with Gasteiger partial charge in [0.1, 0.15) is 0 Å². The normalized spacial score (nSPS) is 32.2. The first-order valence-electron chi connectivity index (χ1n) is 5.08. The second kappa shape index (κ2) is 4.76. The second-order valence-corrected chi connectivity index (χ2v) is 3.83. The molecule has 0 aliphatic heterocycles. The summed E-state index contributed by atoms with van der Waals surface area (Å²) in [5, 5.41) is 0. The van der Waals surface area contributed by atoms with Crippen molar-refractivity contribution >= 4 is 0 Å². The minimum absolute atomic E-state index is 0.851. The summed E-state index contributed by atoms with van der Waals surface area (Å²) in [6, 6.07) is 0. The van der Waals surface area contributed by atoms with E-state index in [0.717, 1.165) is 18.4 Å². The first-order valence-corrected chi connectivity index (χ1v) is 5.08. The van der Waals surface area contributed by atoms with Crippen LogP contribution < -0.4 is 5.73 Å². The maximum atomic E-state index is 5.72. The average Bonchev–Trinajstić information content (AvgIpc) is 2.06. The van der Waals surface area contributed by atoms with Gasteiger partial charge in [-0.15, -0.1) is 0 Å². The molecule has 0 aromatic heterocycles. The summed E-state index contributed by atoms with van der Waals surface area (Å²) in [5.74, 6) is 1.81. The lowest BCUT2D eigenvalue weighted by atomic mass is 9.77. The highest BCUT2D eigenvalue weighted by atomic mass is 14.6. The lowest BCUT2D eigenvalue weighted by Crippen LogP contribution is -2.26. The van der Waals surface area contributed by atoms with Crippen LogP contribution >= 0.6 is 0 Å². The average molecular weight is 155 g/mol. The van der Waals surface area contributed by atoms with Gasteiger partial charge in [0.05, 0.1) is 0 Å². The van der Waals surface area contributed by atoms with Crippen LogP contribution in [0.25, 0.3) is 0 Å². The zero-order valence-corrected chi connectivity index (χ0v) is 7.68. The molecule has 1 aliphatic rings. The molecule has 11 heavy (non-hydrogen) atoms. The van der Waals surface area contributed by atoms with Crippen LogP contribution in [0.4, 0.5) is 0 Å². The van der Waals surface area contributed by atoms with E-state index in [9.17, 15) is 0 Å². The monoisotopic (exact) mass is 155 g/mol. The van der Waals surface area contributed by atoms with Crippen molar-refractivity contribution in [3.05, 3.63) is 0 Å². The molecular formula is C10H21N. The van der Waals surface area contributed by atoms with Gasteiger partial charge in [0.15, 0.2) is 0 Å². The Morgan fingerprint density at radius 3 is 2.36 bits per heavy atom. The molecule has 1 heteroatoms. The summed E-state index contributed by atoms with van der Waals surface area (Å²) < 4.78 is 0. The first-order chi connectivity index (χ1) is 5.38. The van der Waals surface area contributed by atoms with Gasteiger partial charge < -0.3 is 5.73 Å². The fourth-order valence-electron chi connectivity index (χ4n) is 2.35. The molecule has 0 radical (unpaired) electrons. The summed E-state index contributed by atoms with van der Waals surface area (Å²) in [5.41, 5.74) is 5.72. The van der Waals surface area contributed by atoms with Gasteiger partial charge in [-0.05, 0) is 24.8 Å². The molecule has 1 saturated carbocycles. The molecule has 66 valence electrons. The van der Waals surface area contributed by atoms with Crippen LogP contribution in [0.15, 0.2) is 0 Å². The van der Waals surface area contributed by atoms with Crippen molar-refractivity contribution in [3.63, 3.8) is 0 Å². The van der Waals surface area contributed by atoms with Crippen LogP contribution in [0.2, 0.25) is 0 Å². The third-order valence-electron chi connectivity index (χ3n) is 3.03. The van der Waals surface area contributed by atoms with Crippen molar-refractivity contribution in [3.8, 4) is 0 Å². The smallest absolute Gasteiger partial charge is 0.00462 e. The lowest BCUT2D eigenvalue weighted by Gasteiger charge is -2.30. The SMILES string of the molecule is CCCC1CCCCC1CN. The van der Waals surface area contributed by atoms with Crippen molar-refractivity contribution in [1.82, 2.24) is 0 Å². The Bertz CT molecular complexity index is 99.0. The highest BCUT2D eigenvalue weighted by molar-refractivity contribution is 4.75. The van der Waals surface area contributed by atoms with E-state index in [1.165, 1.54) is 38.5 Å². The Morgan fingerprint density at radius 2 is 1.82 bits per heavy atom. The Hall–Kier alpha value is -0.0400. The Balaban J connectivity index is 2.31. The fraction of sp³-hybridized carbons (Fsp3) is 1.00. The maximum absolute atomic E-state index is 5.72. The van der Waals surface area contributed by atoms with E-state index in [1.54, 1.807) is 0 Å². The van der Waals surface area contributed by atoms with E-state index >= 15 is 0 Å². The molecular weight excluding hydrogens is 134 g/mol. The largest absolute Gasteiger partial charge is 0.330 e. The Morgan fingerprint density at radius 1 is 1.18 bits per heavy atom. The molecule has 0 spiro atoms. The minimum atomic E-state index is 0.851. The molecule has 0 amide bonds. The molecule has 2 unspecified atom stereocenters. The number of nitrogens with two attached hydrogens (primary N) is 1. The molecule has 1 aliphatic carbocycles. The topological polar surface area (TPSA) is 26.0 Å². The molecule has 1 fully saturated rings. The van der Waals surface area contributed by atoms with Crippen molar-refractivity contribution in [2.24, 2.45) is 17.6 Å². The third-order valence-corrected chi connectivity index (χ3v) is 3.03. The van der Waals surface area contributed by atoms with Crippen LogP contribution in [0.3, 0.4) is 0 Å². The summed E-state index contributed by atoms with van der Waals surface area (Å²) in [7, 11) is 0. The predicted molar refractivity (Wildman–Crippen MR) is 49.4 cm³/mol. The number of rotatable bonds is 3. The van der Waals surface area contributed by atoms with Crippen molar-refractivity contribution in [1.29, 1.82) is 0 Å². The van der Waals surface area contributed by atoms with E-state index in [2.05, 4.69) is 6.92 Å². The summed E-state index contributed by atoms with van der Waals surface area (Å²) in [6.45, 7) is 3.20. The van der Waals surface area contributed by atoms with Crippen LogP contribution in [-0.2, 0) is 0 Å². The van der Waals surface area contributed by atoms with Gasteiger partial charge in [0, 0.05) is 0 Å². The lowest BCUT2D eigenvalue weighted by molar-refractivity contribution is 0.229. The van der Waals surface area contributed by atoms with Crippen LogP contribution in [0.5, 0.6) is 0 Å². The molecule has 2 atom stereocenters. The third kappa shape index (κ3) is 2.48. The van der Waals surface area contributed by atoms with Crippen LogP contribution in [0, 0.1) is 11.8 Å². The molecule has 1 nitrogen and oxygen atoms in total. The van der Waals surface area contributed by atoms with Gasteiger partial charge in [0.25, 0.3) is 0 Å². The molecule has 2 N–H and O–H groups in total. The molecule has 0 aromatic rings. The van der Waals surface area contributed by atoms with E-state index in [0.29, 0.717) is 0 Å². The zero-order valence-electron chi connectivity index (χ0n) is 7.68. The Kier molecular flexibility index (Phi) is 3.92. The van der Waals surface area contributed by atoms with Gasteiger partial charge in [-0.1, -0.05) is 39.0 Å². The van der Waals surface area contributed by atoms with Crippen molar-refractivity contribution < 1.29 is 0 Å². The zero-order chi connectivity index (χ0) is 8.10. The van der Waals surface area contributed by atoms with Crippen LogP contribution in [-0.4, -0.2) is 6.54 Å². The molecule has 0 aromatic carbocycles. The van der Waals surface area contributed by atoms with Gasteiger partial charge >= 0.3 is 0 Å². The van der Waals surface area contributed by atoms with Crippen LogP contribution in [0.1, 0.15) is 45.4 Å². The highest BCUT2D eigenvalue weighted by Gasteiger charge is 2.22. The summed E-state index contributed by atoms with van der Waals surface area (Å²) in [6.07, 6.45) is 8.43. The number of hydrogen-bond acceptors (Lipinski definition) is 1. The second-order valence-electron chi connectivity index (χ2n) is 3.83. The minimum Gasteiger partial charge on any atom is -0.330 e. The van der Waals surface area contributed by atoms with E-state index in [-0.39, 0.29) is 0 Å². The van der Waals surface area contributed by atoms with Crippen molar-refractivity contribution in [2.75, 3.05) is 6.54 Å². The van der Waals surface area contributed by atoms with Gasteiger partial charge in [-0.25, -0.2) is 0 Å². The van der Waals surface area contributed by atoms with Crippen molar-refractivity contribution in [2.45, 2.75) is 45.4 Å². The molecule has 0 heterocycles. The Labute approximate surface area is 70.4 Å². The standard InChI is InChI=1S/C10H21N/c1-2-5-9-6-3-4-7-10(9)8-11/h9-10H,2-8,11H2,1H3. The summed E-state index contributed by atoms with van der Waals surface area (Å²) in [4.78, 5) is 0. The van der Waals surface area contributed by atoms with Gasteiger partial charge in [0.2, 0.25) is 0 Å². The van der Waals surface area contributed by atoms with E-state index < -0.39 is 0 Å².